The molecule has 26 heavy (non-hydrogen) atoms. The Labute approximate surface area is 159 Å². The van der Waals surface area contributed by atoms with Gasteiger partial charge in [0.05, 0.1) is 13.2 Å². The largest absolute Gasteiger partial charge is 0.496 e. The van der Waals surface area contributed by atoms with E-state index in [0.717, 1.165) is 5.56 Å². The fourth-order valence-electron chi connectivity index (χ4n) is 3.11. The highest BCUT2D eigenvalue weighted by molar-refractivity contribution is 7.89. The SMILES string of the molecule is COc1ccccc1C1CNCCN1S(=O)(=O)c1cc(C)ccc1F.Cl. The Morgan fingerprint density at radius 3 is 2.69 bits per heavy atom. The quantitative estimate of drug-likeness (QED) is 0.857. The van der Waals surface area contributed by atoms with E-state index in [0.29, 0.717) is 24.4 Å². The molecule has 5 nitrogen and oxygen atoms in total. The molecule has 1 atom stereocenters. The molecule has 0 aliphatic carbocycles. The summed E-state index contributed by atoms with van der Waals surface area (Å²) in [4.78, 5) is -0.283. The maximum absolute atomic E-state index is 14.2. The molecule has 1 unspecified atom stereocenters. The van der Waals surface area contributed by atoms with Crippen LogP contribution in [0.4, 0.5) is 4.39 Å². The fraction of sp³-hybridized carbons (Fsp3) is 0.333. The lowest BCUT2D eigenvalue weighted by molar-refractivity contribution is 0.264. The summed E-state index contributed by atoms with van der Waals surface area (Å²) in [5.74, 6) is -0.121. The maximum atomic E-state index is 14.2. The molecule has 1 N–H and O–H groups in total. The lowest BCUT2D eigenvalue weighted by Crippen LogP contribution is -2.48. The van der Waals surface area contributed by atoms with Crippen molar-refractivity contribution in [3.63, 3.8) is 0 Å². The fourth-order valence-corrected chi connectivity index (χ4v) is 4.87. The molecule has 1 aliphatic heterocycles. The Hall–Kier alpha value is -1.67. The number of aryl methyl sites for hydroxylation is 1. The lowest BCUT2D eigenvalue weighted by Gasteiger charge is -2.36. The van der Waals surface area contributed by atoms with E-state index in [1.807, 2.05) is 18.2 Å². The normalized spacial score (nSPS) is 18.2. The molecular formula is C18H22ClFN2O3S. The van der Waals surface area contributed by atoms with Crippen molar-refractivity contribution in [3.05, 3.63) is 59.4 Å². The van der Waals surface area contributed by atoms with Gasteiger partial charge in [-0.15, -0.1) is 12.4 Å². The lowest BCUT2D eigenvalue weighted by atomic mass is 10.0. The van der Waals surface area contributed by atoms with Gasteiger partial charge in [-0.2, -0.15) is 4.31 Å². The maximum Gasteiger partial charge on any atom is 0.246 e. The van der Waals surface area contributed by atoms with Gasteiger partial charge >= 0.3 is 0 Å². The predicted molar refractivity (Wildman–Crippen MR) is 101 cm³/mol. The Balaban J connectivity index is 0.00000243. The first kappa shape index (κ1) is 20.6. The Morgan fingerprint density at radius 1 is 1.23 bits per heavy atom. The predicted octanol–water partition coefficient (Wildman–Crippen LogP) is 2.90. The van der Waals surface area contributed by atoms with Gasteiger partial charge in [0.15, 0.2) is 0 Å². The van der Waals surface area contributed by atoms with Crippen LogP contribution in [0.2, 0.25) is 0 Å². The zero-order valence-electron chi connectivity index (χ0n) is 14.6. The Bertz CT molecular complexity index is 876. The van der Waals surface area contributed by atoms with Gasteiger partial charge < -0.3 is 10.1 Å². The van der Waals surface area contributed by atoms with Crippen molar-refractivity contribution in [1.82, 2.24) is 9.62 Å². The van der Waals surface area contributed by atoms with Crippen LogP contribution in [0.25, 0.3) is 0 Å². The van der Waals surface area contributed by atoms with Crippen LogP contribution < -0.4 is 10.1 Å². The van der Waals surface area contributed by atoms with Crippen molar-refractivity contribution in [2.24, 2.45) is 0 Å². The summed E-state index contributed by atoms with van der Waals surface area (Å²) in [6, 6.07) is 11.0. The standard InChI is InChI=1S/C18H21FN2O3S.ClH/c1-13-7-8-15(19)18(11-13)25(22,23)21-10-9-20-12-16(21)14-5-3-4-6-17(14)24-2;/h3-8,11,16,20H,9-10,12H2,1-2H3;1H. The minimum absolute atomic E-state index is 0. The number of hydrogen-bond donors (Lipinski definition) is 1. The molecule has 0 bridgehead atoms. The molecule has 1 saturated heterocycles. The zero-order valence-corrected chi connectivity index (χ0v) is 16.2. The third-order valence-corrected chi connectivity index (χ3v) is 6.29. The van der Waals surface area contributed by atoms with Crippen LogP contribution in [0.15, 0.2) is 47.4 Å². The first-order chi connectivity index (χ1) is 11.9. The molecule has 2 aromatic rings. The minimum Gasteiger partial charge on any atom is -0.496 e. The van der Waals surface area contributed by atoms with Crippen LogP contribution in [0.3, 0.4) is 0 Å². The zero-order chi connectivity index (χ0) is 18.0. The van der Waals surface area contributed by atoms with E-state index in [9.17, 15) is 12.8 Å². The second-order valence-electron chi connectivity index (χ2n) is 6.01. The van der Waals surface area contributed by atoms with Crippen LogP contribution in [0.1, 0.15) is 17.2 Å². The molecule has 0 aromatic heterocycles. The van der Waals surface area contributed by atoms with Crippen LogP contribution in [-0.2, 0) is 10.0 Å². The Kier molecular flexibility index (Phi) is 6.63. The molecule has 1 heterocycles. The second kappa shape index (κ2) is 8.35. The molecule has 3 rings (SSSR count). The number of rotatable bonds is 4. The highest BCUT2D eigenvalue weighted by Crippen LogP contribution is 2.34. The van der Waals surface area contributed by atoms with E-state index in [-0.39, 0.29) is 23.8 Å². The van der Waals surface area contributed by atoms with Crippen LogP contribution in [0, 0.1) is 12.7 Å². The number of sulfonamides is 1. The monoisotopic (exact) mass is 400 g/mol. The molecule has 2 aromatic carbocycles. The number of hydrogen-bond acceptors (Lipinski definition) is 4. The molecule has 8 heteroatoms. The number of methoxy groups -OCH3 is 1. The molecular weight excluding hydrogens is 379 g/mol. The van der Waals surface area contributed by atoms with E-state index in [4.69, 9.17) is 4.74 Å². The summed E-state index contributed by atoms with van der Waals surface area (Å²) in [5.41, 5.74) is 1.46. The molecule has 1 fully saturated rings. The summed E-state index contributed by atoms with van der Waals surface area (Å²) in [7, 11) is -2.42. The van der Waals surface area contributed by atoms with Crippen LogP contribution in [0.5, 0.6) is 5.75 Å². The van der Waals surface area contributed by atoms with Crippen LogP contribution in [-0.4, -0.2) is 39.5 Å². The number of para-hydroxylation sites is 1. The number of ether oxygens (including phenoxy) is 1. The third kappa shape index (κ3) is 3.86. The topological polar surface area (TPSA) is 58.6 Å². The Morgan fingerprint density at radius 2 is 1.96 bits per heavy atom. The van der Waals surface area contributed by atoms with Gasteiger partial charge in [-0.1, -0.05) is 24.3 Å². The van der Waals surface area contributed by atoms with E-state index >= 15 is 0 Å². The van der Waals surface area contributed by atoms with E-state index in [1.54, 1.807) is 26.2 Å². The summed E-state index contributed by atoms with van der Waals surface area (Å²) < 4.78 is 47.3. The van der Waals surface area contributed by atoms with Gasteiger partial charge in [-0.3, -0.25) is 0 Å². The van der Waals surface area contributed by atoms with Crippen molar-refractivity contribution in [2.75, 3.05) is 26.7 Å². The minimum atomic E-state index is -3.97. The van der Waals surface area contributed by atoms with Crippen molar-refractivity contribution >= 4 is 22.4 Å². The number of benzene rings is 2. The van der Waals surface area contributed by atoms with Gasteiger partial charge in [-0.25, -0.2) is 12.8 Å². The molecule has 0 saturated carbocycles. The van der Waals surface area contributed by atoms with Crippen molar-refractivity contribution in [3.8, 4) is 5.75 Å². The first-order valence-electron chi connectivity index (χ1n) is 8.07. The first-order valence-corrected chi connectivity index (χ1v) is 9.51. The van der Waals surface area contributed by atoms with Crippen LogP contribution >= 0.6 is 12.4 Å². The number of nitrogens with one attached hydrogen (secondary N) is 1. The highest BCUT2D eigenvalue weighted by Gasteiger charge is 2.37. The number of piperazine rings is 1. The molecule has 0 spiro atoms. The summed E-state index contributed by atoms with van der Waals surface area (Å²) in [6.07, 6.45) is 0. The van der Waals surface area contributed by atoms with Gasteiger partial charge in [-0.05, 0) is 30.7 Å². The molecule has 1 aliphatic rings. The summed E-state index contributed by atoms with van der Waals surface area (Å²) in [5, 5.41) is 3.21. The average Bonchev–Trinajstić information content (AvgIpc) is 2.63. The van der Waals surface area contributed by atoms with Gasteiger partial charge in [0.25, 0.3) is 0 Å². The molecule has 0 radical (unpaired) electrons. The van der Waals surface area contributed by atoms with Gasteiger partial charge in [0.1, 0.15) is 16.5 Å². The number of nitrogens with zero attached hydrogens (tertiary/aromatic N) is 1. The molecule has 0 amide bonds. The second-order valence-corrected chi connectivity index (χ2v) is 7.87. The average molecular weight is 401 g/mol. The summed E-state index contributed by atoms with van der Waals surface area (Å²) >= 11 is 0. The smallest absolute Gasteiger partial charge is 0.246 e. The van der Waals surface area contributed by atoms with Crippen molar-refractivity contribution < 1.29 is 17.5 Å². The van der Waals surface area contributed by atoms with Gasteiger partial charge in [0, 0.05) is 25.2 Å². The van der Waals surface area contributed by atoms with Crippen molar-refractivity contribution in [1.29, 1.82) is 0 Å². The van der Waals surface area contributed by atoms with E-state index in [2.05, 4.69) is 5.32 Å². The van der Waals surface area contributed by atoms with E-state index in [1.165, 1.54) is 16.4 Å². The molecule has 142 valence electrons. The van der Waals surface area contributed by atoms with E-state index < -0.39 is 21.9 Å². The van der Waals surface area contributed by atoms with Gasteiger partial charge in [0.2, 0.25) is 10.0 Å². The van der Waals surface area contributed by atoms with Crippen molar-refractivity contribution in [2.45, 2.75) is 17.9 Å². The number of halogens is 2. The summed E-state index contributed by atoms with van der Waals surface area (Å²) in [6.45, 7) is 2.96. The highest BCUT2D eigenvalue weighted by atomic mass is 35.5. The third-order valence-electron chi connectivity index (χ3n) is 4.37.